The lowest BCUT2D eigenvalue weighted by atomic mass is 9.63. The predicted octanol–water partition coefficient (Wildman–Crippen LogP) is 5.36. The number of hydrogen-bond donors (Lipinski definition) is 1. The molecule has 0 unspecified atom stereocenters. The quantitative estimate of drug-likeness (QED) is 0.759. The Balaban J connectivity index is 2.12. The van der Waals surface area contributed by atoms with Gasteiger partial charge < -0.3 is 5.32 Å². The molecule has 1 N–H and O–H groups in total. The second kappa shape index (κ2) is 4.77. The van der Waals surface area contributed by atoms with Crippen LogP contribution in [0.1, 0.15) is 47.0 Å². The largest absolute Gasteiger partial charge is 0.381 e. The van der Waals surface area contributed by atoms with E-state index in [-0.39, 0.29) is 0 Å². The third kappa shape index (κ3) is 3.41. The van der Waals surface area contributed by atoms with Crippen molar-refractivity contribution in [1.29, 1.82) is 0 Å². The van der Waals surface area contributed by atoms with Crippen molar-refractivity contribution >= 4 is 17.3 Å². The topological polar surface area (TPSA) is 12.0 Å². The molecule has 0 aliphatic heterocycles. The molecule has 1 saturated carbocycles. The Morgan fingerprint density at radius 3 is 2.17 bits per heavy atom. The first kappa shape index (κ1) is 13.7. The molecule has 0 heterocycles. The van der Waals surface area contributed by atoms with E-state index in [4.69, 9.17) is 11.6 Å². The van der Waals surface area contributed by atoms with Gasteiger partial charge in [-0.3, -0.25) is 0 Å². The van der Waals surface area contributed by atoms with Crippen molar-refractivity contribution in [3.8, 4) is 0 Å². The highest BCUT2D eigenvalue weighted by atomic mass is 35.5. The van der Waals surface area contributed by atoms with Gasteiger partial charge in [-0.05, 0) is 42.2 Å². The molecular weight excluding hydrogens is 242 g/mol. The average molecular weight is 266 g/mol. The molecule has 1 aromatic rings. The summed E-state index contributed by atoms with van der Waals surface area (Å²) in [5.74, 6) is 0. The molecule has 100 valence electrons. The Bertz CT molecular complexity index is 407. The molecule has 1 fully saturated rings. The highest BCUT2D eigenvalue weighted by Gasteiger charge is 2.38. The van der Waals surface area contributed by atoms with E-state index in [0.29, 0.717) is 16.9 Å². The lowest BCUT2D eigenvalue weighted by Gasteiger charge is -2.45. The van der Waals surface area contributed by atoms with Crippen LogP contribution in [0, 0.1) is 10.8 Å². The van der Waals surface area contributed by atoms with E-state index in [1.165, 1.54) is 19.3 Å². The fourth-order valence-corrected chi connectivity index (χ4v) is 3.94. The molecule has 1 aliphatic carbocycles. The maximum absolute atomic E-state index is 6.22. The van der Waals surface area contributed by atoms with Crippen LogP contribution in [-0.2, 0) is 0 Å². The Kier molecular flexibility index (Phi) is 3.64. The SMILES string of the molecule is CC1(C)CC(Nc2ccccc2Cl)CC(C)(C)C1. The molecule has 0 bridgehead atoms. The summed E-state index contributed by atoms with van der Waals surface area (Å²) < 4.78 is 0. The number of hydrogen-bond acceptors (Lipinski definition) is 1. The Labute approximate surface area is 116 Å². The van der Waals surface area contributed by atoms with Gasteiger partial charge in [0.05, 0.1) is 10.7 Å². The zero-order chi connectivity index (χ0) is 13.4. The molecule has 18 heavy (non-hydrogen) atoms. The van der Waals surface area contributed by atoms with Crippen molar-refractivity contribution in [2.75, 3.05) is 5.32 Å². The van der Waals surface area contributed by atoms with Crippen molar-refractivity contribution in [2.24, 2.45) is 10.8 Å². The Morgan fingerprint density at radius 2 is 1.61 bits per heavy atom. The first-order valence-electron chi connectivity index (χ1n) is 6.79. The van der Waals surface area contributed by atoms with E-state index in [1.54, 1.807) is 0 Å². The lowest BCUT2D eigenvalue weighted by Crippen LogP contribution is -2.40. The third-order valence-corrected chi connectivity index (χ3v) is 4.12. The van der Waals surface area contributed by atoms with Crippen LogP contribution in [0.5, 0.6) is 0 Å². The molecule has 0 atom stereocenters. The monoisotopic (exact) mass is 265 g/mol. The molecule has 0 spiro atoms. The number of rotatable bonds is 2. The van der Waals surface area contributed by atoms with E-state index in [0.717, 1.165) is 10.7 Å². The molecule has 0 radical (unpaired) electrons. The van der Waals surface area contributed by atoms with Gasteiger partial charge in [-0.15, -0.1) is 0 Å². The summed E-state index contributed by atoms with van der Waals surface area (Å²) in [7, 11) is 0. The highest BCUT2D eigenvalue weighted by molar-refractivity contribution is 6.33. The minimum atomic E-state index is 0.403. The van der Waals surface area contributed by atoms with Crippen molar-refractivity contribution in [1.82, 2.24) is 0 Å². The molecule has 1 aromatic carbocycles. The lowest BCUT2D eigenvalue weighted by molar-refractivity contribution is 0.105. The second-order valence-electron chi connectivity index (χ2n) is 7.23. The normalized spacial score (nSPS) is 22.7. The zero-order valence-corrected chi connectivity index (χ0v) is 12.6. The van der Waals surface area contributed by atoms with Crippen LogP contribution in [0.15, 0.2) is 24.3 Å². The molecule has 2 heteroatoms. The minimum Gasteiger partial charge on any atom is -0.381 e. The van der Waals surface area contributed by atoms with Crippen molar-refractivity contribution in [3.63, 3.8) is 0 Å². The minimum absolute atomic E-state index is 0.403. The maximum atomic E-state index is 6.22. The number of anilines is 1. The van der Waals surface area contributed by atoms with E-state index >= 15 is 0 Å². The van der Waals surface area contributed by atoms with Crippen molar-refractivity contribution in [2.45, 2.75) is 53.0 Å². The zero-order valence-electron chi connectivity index (χ0n) is 11.9. The number of benzene rings is 1. The van der Waals surface area contributed by atoms with E-state index < -0.39 is 0 Å². The summed E-state index contributed by atoms with van der Waals surface area (Å²) in [6.07, 6.45) is 3.71. The Hall–Kier alpha value is -0.690. The molecule has 0 aromatic heterocycles. The van der Waals surface area contributed by atoms with E-state index in [2.05, 4.69) is 39.1 Å². The van der Waals surface area contributed by atoms with Gasteiger partial charge in [0, 0.05) is 6.04 Å². The number of halogens is 1. The summed E-state index contributed by atoms with van der Waals surface area (Å²) in [6, 6.07) is 8.54. The fraction of sp³-hybridized carbons (Fsp3) is 0.625. The van der Waals surface area contributed by atoms with Crippen LogP contribution < -0.4 is 5.32 Å². The van der Waals surface area contributed by atoms with Gasteiger partial charge in [0.2, 0.25) is 0 Å². The molecule has 1 aliphatic rings. The summed E-state index contributed by atoms with van der Waals surface area (Å²) >= 11 is 6.22. The number of para-hydroxylation sites is 1. The molecule has 0 saturated heterocycles. The molecule has 0 amide bonds. The van der Waals surface area contributed by atoms with Crippen LogP contribution in [0.2, 0.25) is 5.02 Å². The Morgan fingerprint density at radius 1 is 1.06 bits per heavy atom. The van der Waals surface area contributed by atoms with Gasteiger partial charge >= 0.3 is 0 Å². The third-order valence-electron chi connectivity index (χ3n) is 3.79. The maximum Gasteiger partial charge on any atom is 0.0637 e. The standard InChI is InChI=1S/C16H24ClN/c1-15(2)9-12(10-16(3,4)11-15)18-14-8-6-5-7-13(14)17/h5-8,12,18H,9-11H2,1-4H3. The number of nitrogens with one attached hydrogen (secondary N) is 1. The van der Waals surface area contributed by atoms with Crippen LogP contribution in [0.3, 0.4) is 0 Å². The fourth-order valence-electron chi connectivity index (χ4n) is 3.75. The van der Waals surface area contributed by atoms with Crippen LogP contribution >= 0.6 is 11.6 Å². The summed E-state index contributed by atoms with van der Waals surface area (Å²) in [6.45, 7) is 9.48. The molecular formula is C16H24ClN. The van der Waals surface area contributed by atoms with E-state index in [9.17, 15) is 0 Å². The van der Waals surface area contributed by atoms with Gasteiger partial charge in [-0.25, -0.2) is 0 Å². The molecule has 1 nitrogen and oxygen atoms in total. The van der Waals surface area contributed by atoms with Gasteiger partial charge in [-0.2, -0.15) is 0 Å². The van der Waals surface area contributed by atoms with Crippen LogP contribution in [0.25, 0.3) is 0 Å². The van der Waals surface area contributed by atoms with Crippen molar-refractivity contribution < 1.29 is 0 Å². The van der Waals surface area contributed by atoms with Gasteiger partial charge in [0.15, 0.2) is 0 Å². The smallest absolute Gasteiger partial charge is 0.0637 e. The summed E-state index contributed by atoms with van der Waals surface area (Å²) in [4.78, 5) is 0. The van der Waals surface area contributed by atoms with E-state index in [1.807, 2.05) is 18.2 Å². The first-order valence-corrected chi connectivity index (χ1v) is 7.16. The van der Waals surface area contributed by atoms with Gasteiger partial charge in [0.25, 0.3) is 0 Å². The highest BCUT2D eigenvalue weighted by Crippen LogP contribution is 2.46. The molecule has 2 rings (SSSR count). The predicted molar refractivity (Wildman–Crippen MR) is 80.3 cm³/mol. The van der Waals surface area contributed by atoms with Gasteiger partial charge in [0.1, 0.15) is 0 Å². The van der Waals surface area contributed by atoms with Crippen molar-refractivity contribution in [3.05, 3.63) is 29.3 Å². The summed E-state index contributed by atoms with van der Waals surface area (Å²) in [5, 5.41) is 4.45. The first-order chi connectivity index (χ1) is 8.27. The average Bonchev–Trinajstić information content (AvgIpc) is 2.16. The summed E-state index contributed by atoms with van der Waals surface area (Å²) in [5.41, 5.74) is 1.87. The van der Waals surface area contributed by atoms with Gasteiger partial charge in [-0.1, -0.05) is 51.4 Å². The second-order valence-corrected chi connectivity index (χ2v) is 7.64. The van der Waals surface area contributed by atoms with Crippen LogP contribution in [0.4, 0.5) is 5.69 Å². The van der Waals surface area contributed by atoms with Crippen LogP contribution in [-0.4, -0.2) is 6.04 Å².